The summed E-state index contributed by atoms with van der Waals surface area (Å²) < 4.78 is 17.5. The summed E-state index contributed by atoms with van der Waals surface area (Å²) in [4.78, 5) is 130. The molecule has 1 fully saturated rings. The van der Waals surface area contributed by atoms with Crippen LogP contribution in [0.4, 0.5) is 0 Å². The highest BCUT2D eigenvalue weighted by Crippen LogP contribution is 2.30. The molecule has 23 heteroatoms. The second-order valence-electron chi connectivity index (χ2n) is 20.7. The van der Waals surface area contributed by atoms with Gasteiger partial charge in [0, 0.05) is 31.7 Å². The van der Waals surface area contributed by atoms with Gasteiger partial charge < -0.3 is 66.3 Å². The van der Waals surface area contributed by atoms with Gasteiger partial charge in [-0.25, -0.2) is 4.79 Å². The third kappa shape index (κ3) is 18.1. The lowest BCUT2D eigenvalue weighted by Gasteiger charge is -2.35. The van der Waals surface area contributed by atoms with E-state index in [9.17, 15) is 53.7 Å². The maximum atomic E-state index is 15.3. The molecule has 4 aliphatic rings. The molecule has 9 N–H and O–H groups in total. The number of thioether (sulfide) groups is 1. The molecule has 7 amide bonds. The number of hydrogen-bond acceptors (Lipinski definition) is 16. The highest BCUT2D eigenvalue weighted by atomic mass is 32.2. The largest absolute Gasteiger partial charge is 0.492 e. The van der Waals surface area contributed by atoms with Gasteiger partial charge in [-0.05, 0) is 74.5 Å². The quantitative estimate of drug-likeness (QED) is 0.0928. The molecule has 432 valence electrons. The van der Waals surface area contributed by atoms with Crippen LogP contribution in [0.3, 0.4) is 0 Å². The fourth-order valence-corrected chi connectivity index (χ4v) is 9.97. The van der Waals surface area contributed by atoms with Crippen molar-refractivity contribution in [2.45, 2.75) is 167 Å². The van der Waals surface area contributed by atoms with Crippen molar-refractivity contribution in [2.24, 2.45) is 17.8 Å². The normalized spacial score (nSPS) is 28.7. The van der Waals surface area contributed by atoms with Gasteiger partial charge in [0.15, 0.2) is 6.04 Å². The van der Waals surface area contributed by atoms with Gasteiger partial charge in [0.1, 0.15) is 61.2 Å². The molecule has 4 bridgehead atoms. The molecule has 13 atom stereocenters. The molecular weight excluding hydrogens is 1030 g/mol. The number of aliphatic hydroxyl groups excluding tert-OH is 2. The lowest BCUT2D eigenvalue weighted by atomic mass is 9.92. The van der Waals surface area contributed by atoms with Gasteiger partial charge in [-0.15, -0.1) is 0 Å². The third-order valence-electron chi connectivity index (χ3n) is 14.2. The zero-order valence-electron chi connectivity index (χ0n) is 46.4. The molecule has 1 aromatic rings. The number of ether oxygens (including phenoxy) is 3. The van der Waals surface area contributed by atoms with Crippen LogP contribution in [0.1, 0.15) is 100.0 Å². The Bertz CT molecular complexity index is 2380. The minimum Gasteiger partial charge on any atom is -0.492 e. The molecule has 3 heterocycles. The Balaban J connectivity index is 2.02. The van der Waals surface area contributed by atoms with Crippen LogP contribution in [0.15, 0.2) is 66.0 Å². The molecule has 1 aromatic carbocycles. The number of rotatable bonds is 14. The van der Waals surface area contributed by atoms with Crippen molar-refractivity contribution in [3.8, 4) is 0 Å². The van der Waals surface area contributed by atoms with Crippen LogP contribution in [0.2, 0.25) is 0 Å². The number of nitrogens with one attached hydrogen (secondary N) is 6. The van der Waals surface area contributed by atoms with E-state index in [0.717, 1.165) is 23.8 Å². The lowest BCUT2D eigenvalue weighted by Crippen LogP contribution is -2.62. The zero-order chi connectivity index (χ0) is 58.0. The fraction of sp³-hybridized carbons (Fsp3) is 0.618. The monoisotopic (exact) mass is 1110 g/mol. The maximum Gasteiger partial charge on any atom is 0.332 e. The van der Waals surface area contributed by atoms with E-state index in [-0.39, 0.29) is 25.0 Å². The van der Waals surface area contributed by atoms with Crippen molar-refractivity contribution in [1.82, 2.24) is 36.8 Å². The minimum atomic E-state index is -1.96. The molecule has 0 radical (unpaired) electrons. The molecule has 0 aromatic heterocycles. The highest BCUT2D eigenvalue weighted by Gasteiger charge is 2.43. The maximum absolute atomic E-state index is 15.3. The summed E-state index contributed by atoms with van der Waals surface area (Å²) in [6.45, 7) is 12.5. The molecule has 3 aliphatic heterocycles. The number of amides is 7. The van der Waals surface area contributed by atoms with E-state index in [1.165, 1.54) is 45.7 Å². The van der Waals surface area contributed by atoms with Crippen molar-refractivity contribution in [3.05, 3.63) is 71.5 Å². The molecule has 5 rings (SSSR count). The van der Waals surface area contributed by atoms with Crippen molar-refractivity contribution < 1.29 is 72.7 Å². The van der Waals surface area contributed by atoms with E-state index >= 15 is 4.79 Å². The average molecular weight is 1110 g/mol. The number of benzene rings is 1. The van der Waals surface area contributed by atoms with Crippen LogP contribution in [0, 0.1) is 17.8 Å². The van der Waals surface area contributed by atoms with Crippen molar-refractivity contribution in [1.29, 1.82) is 0 Å². The molecule has 1 unspecified atom stereocenters. The zero-order valence-corrected chi connectivity index (χ0v) is 47.2. The number of hydrogen-bond donors (Lipinski definition) is 9. The van der Waals surface area contributed by atoms with Gasteiger partial charge in [-0.2, -0.15) is 11.8 Å². The van der Waals surface area contributed by atoms with E-state index in [1.807, 2.05) is 6.92 Å². The van der Waals surface area contributed by atoms with E-state index in [4.69, 9.17) is 14.2 Å². The van der Waals surface area contributed by atoms with Crippen LogP contribution < -0.4 is 31.9 Å². The van der Waals surface area contributed by atoms with Crippen LogP contribution in [0.5, 0.6) is 0 Å². The van der Waals surface area contributed by atoms with Crippen LogP contribution in [0.25, 0.3) is 0 Å². The number of carbonyl (C=O) groups excluding carboxylic acids is 9. The first kappa shape index (κ1) is 64.2. The second-order valence-corrected chi connectivity index (χ2v) is 21.8. The molecule has 78 heavy (non-hydrogen) atoms. The predicted molar refractivity (Wildman–Crippen MR) is 289 cm³/mol. The Morgan fingerprint density at radius 2 is 1.53 bits per heavy atom. The van der Waals surface area contributed by atoms with Gasteiger partial charge in [0.2, 0.25) is 41.4 Å². The summed E-state index contributed by atoms with van der Waals surface area (Å²) in [5, 5.41) is 49.3. The molecule has 1 saturated heterocycles. The summed E-state index contributed by atoms with van der Waals surface area (Å²) in [5.74, 6) is -9.88. The number of fused-ring (bicyclic) bond motifs is 11. The number of allylic oxidation sites excluding steroid dienone is 3. The summed E-state index contributed by atoms with van der Waals surface area (Å²) in [5.41, 5.74) is -0.810. The number of nitrogens with zero attached hydrogens (tertiary/aromatic N) is 1. The number of aliphatic hydroxyl groups is 3. The Labute approximate surface area is 461 Å². The van der Waals surface area contributed by atoms with Gasteiger partial charge in [0.05, 0.1) is 23.9 Å². The molecule has 0 saturated carbocycles. The fourth-order valence-electron chi connectivity index (χ4n) is 8.67. The number of cyclic esters (lactones) is 1. The van der Waals surface area contributed by atoms with Crippen LogP contribution in [-0.4, -0.2) is 171 Å². The first-order valence-corrected chi connectivity index (χ1v) is 27.9. The van der Waals surface area contributed by atoms with E-state index in [0.29, 0.717) is 29.1 Å². The summed E-state index contributed by atoms with van der Waals surface area (Å²) in [6, 6.07) is -1.38. The van der Waals surface area contributed by atoms with E-state index < -0.39 is 150 Å². The Morgan fingerprint density at radius 3 is 2.14 bits per heavy atom. The molecule has 22 nitrogen and oxygen atoms in total. The topological polar surface area (TPSA) is 317 Å². The van der Waals surface area contributed by atoms with Crippen molar-refractivity contribution >= 4 is 65.1 Å². The van der Waals surface area contributed by atoms with Gasteiger partial charge in [-0.3, -0.25) is 38.4 Å². The summed E-state index contributed by atoms with van der Waals surface area (Å²) >= 11 is 1.44. The van der Waals surface area contributed by atoms with Crippen molar-refractivity contribution in [2.75, 3.05) is 31.7 Å². The summed E-state index contributed by atoms with van der Waals surface area (Å²) in [6.07, 6.45) is 2.13. The third-order valence-corrected chi connectivity index (χ3v) is 15.4. The smallest absolute Gasteiger partial charge is 0.332 e. The Morgan fingerprint density at radius 1 is 0.859 bits per heavy atom. The average Bonchev–Trinajstić information content (AvgIpc) is 3.42. The van der Waals surface area contributed by atoms with Gasteiger partial charge in [-0.1, -0.05) is 90.8 Å². The minimum absolute atomic E-state index is 0.0832. The highest BCUT2D eigenvalue weighted by molar-refractivity contribution is 7.99. The van der Waals surface area contributed by atoms with Gasteiger partial charge in [0.25, 0.3) is 0 Å². The van der Waals surface area contributed by atoms with E-state index in [2.05, 4.69) is 31.9 Å². The number of unbranched alkanes of at least 4 members (excludes halogenated alkanes) is 1. The number of esters is 2. The first-order chi connectivity index (χ1) is 36.8. The standard InChI is InChI=1S/C55H81N7O15S/c1-11-13-25-78-29-55(74)24-23-41(64)56-27-42(65)75-28-39-54(73)76-34(8)45(60-48(67)32(6)47(66)30(3)4)52(71)58-43(31(5)12-2)50(69)61-46(37-19-21-38(22-20-37)77-35(55)9)53(72)62(10)40(26-36-17-15-14-16-18-36)49(68)59-44(33(7)63)51(70)57-39/h14-19,21,23-24,30-35,39-40,43-47,63,66,74H,11-13,20,22,25-29H2,1-10H3,(H,56,64)(H,57,70)(H,58,71)(H,59,68)(H,60,67)(H,61,69)/b24-23+/t31-,32+,33+,34+,35+,39-,40?,43+,44+,45-,46-,47+,55-/m0/s1. The van der Waals surface area contributed by atoms with E-state index in [1.54, 1.807) is 77.1 Å². The number of likely N-dealkylation sites (N-methyl/N-ethyl adjacent to an activating group) is 1. The SMILES string of the molecule is CCCCSC[C@@]1(O)/C=C/C(=O)NCC(=O)OC[C@@H]2NC(=O)[C@@H]([C@@H](C)O)NC(=O)C(Cc3ccccc3)N(C)C(=O)[C@@H](NC(=O)[C@@H]([C@@H](C)CC)NC(=O)[C@@H](NC(=O)[C@H](C)[C@H](O)C(C)C)[C@@H](C)OC2=O)C2=CC=C(CC2)O[C@@H]1C. The molecular formula is C55H81N7O15S. The first-order valence-electron chi connectivity index (χ1n) is 26.7. The predicted octanol–water partition coefficient (Wildman–Crippen LogP) is 1.01. The van der Waals surface area contributed by atoms with Gasteiger partial charge >= 0.3 is 11.9 Å². The molecule has 1 aliphatic carbocycles. The van der Waals surface area contributed by atoms with Crippen molar-refractivity contribution in [3.63, 3.8) is 0 Å². The summed E-state index contributed by atoms with van der Waals surface area (Å²) in [7, 11) is 1.34. The molecule has 0 spiro atoms. The number of carbonyl (C=O) groups is 9. The second kappa shape index (κ2) is 30.2. The Kier molecular flexibility index (Phi) is 24.8. The lowest BCUT2D eigenvalue weighted by molar-refractivity contribution is -0.160. The van der Waals surface area contributed by atoms with Crippen LogP contribution in [-0.2, 0) is 63.8 Å². The Hall–Kier alpha value is -6.30. The van der Waals surface area contributed by atoms with Crippen LogP contribution >= 0.6 is 11.8 Å².